The molecule has 0 aliphatic carbocycles. The van der Waals surface area contributed by atoms with Crippen molar-refractivity contribution in [3.63, 3.8) is 0 Å². The summed E-state index contributed by atoms with van der Waals surface area (Å²) in [6, 6.07) is 11.2. The Morgan fingerprint density at radius 2 is 1.78 bits per heavy atom. The molecule has 142 valence electrons. The first-order valence-corrected chi connectivity index (χ1v) is 8.25. The summed E-state index contributed by atoms with van der Waals surface area (Å²) in [6.07, 6.45) is -4.83. The second-order valence-corrected chi connectivity index (χ2v) is 6.30. The zero-order valence-electron chi connectivity index (χ0n) is 14.7. The number of fused-ring (bicyclic) bond motifs is 1. The van der Waals surface area contributed by atoms with Crippen molar-refractivity contribution >= 4 is 28.9 Å². The summed E-state index contributed by atoms with van der Waals surface area (Å²) >= 11 is 0. The molecule has 2 amide bonds. The molecule has 5 nitrogen and oxygen atoms in total. The molecule has 2 aromatic carbocycles. The lowest BCUT2D eigenvalue weighted by Gasteiger charge is -2.35. The van der Waals surface area contributed by atoms with Gasteiger partial charge in [0.15, 0.2) is 0 Å². The van der Waals surface area contributed by atoms with Crippen molar-refractivity contribution in [2.75, 3.05) is 29.2 Å². The summed E-state index contributed by atoms with van der Waals surface area (Å²) in [4.78, 5) is 27.6. The van der Waals surface area contributed by atoms with Crippen LogP contribution >= 0.6 is 0 Å². The molecule has 1 N–H and O–H groups in total. The van der Waals surface area contributed by atoms with Crippen LogP contribution in [0.15, 0.2) is 48.5 Å². The number of anilines is 3. The van der Waals surface area contributed by atoms with Crippen molar-refractivity contribution < 1.29 is 22.8 Å². The topological polar surface area (TPSA) is 52.7 Å². The van der Waals surface area contributed by atoms with E-state index < -0.39 is 23.7 Å². The van der Waals surface area contributed by atoms with Crippen molar-refractivity contribution in [3.05, 3.63) is 54.1 Å². The van der Waals surface area contributed by atoms with E-state index in [4.69, 9.17) is 0 Å². The van der Waals surface area contributed by atoms with E-state index in [1.165, 1.54) is 25.2 Å². The number of alkyl halides is 3. The minimum Gasteiger partial charge on any atom is -0.361 e. The normalized spacial score (nSPS) is 16.6. The quantitative estimate of drug-likeness (QED) is 0.891. The van der Waals surface area contributed by atoms with Crippen LogP contribution in [0.5, 0.6) is 0 Å². The molecule has 2 aromatic rings. The number of carbonyl (C=O) groups is 2. The van der Waals surface area contributed by atoms with Gasteiger partial charge in [-0.15, -0.1) is 0 Å². The SMILES string of the molecule is CN(C(=O)CC1C(=O)Nc2ccccc2N1C)c1ccccc1C(F)(F)F. The van der Waals surface area contributed by atoms with Crippen LogP contribution in [0.2, 0.25) is 0 Å². The number of amides is 2. The first-order valence-electron chi connectivity index (χ1n) is 8.25. The Balaban J connectivity index is 1.83. The Morgan fingerprint density at radius 1 is 1.15 bits per heavy atom. The van der Waals surface area contributed by atoms with Gasteiger partial charge >= 0.3 is 6.18 Å². The molecule has 1 atom stereocenters. The van der Waals surface area contributed by atoms with Crippen molar-refractivity contribution in [2.24, 2.45) is 0 Å². The second kappa shape index (κ2) is 6.94. The molecular weight excluding hydrogens is 359 g/mol. The lowest BCUT2D eigenvalue weighted by atomic mass is 10.0. The summed E-state index contributed by atoms with van der Waals surface area (Å²) < 4.78 is 39.6. The van der Waals surface area contributed by atoms with Crippen LogP contribution < -0.4 is 15.1 Å². The molecule has 8 heteroatoms. The number of hydrogen-bond acceptors (Lipinski definition) is 3. The van der Waals surface area contributed by atoms with Gasteiger partial charge in [0.2, 0.25) is 11.8 Å². The summed E-state index contributed by atoms with van der Waals surface area (Å²) in [7, 11) is 2.96. The third-order valence-electron chi connectivity index (χ3n) is 4.62. The molecule has 0 saturated carbocycles. The van der Waals surface area contributed by atoms with Gasteiger partial charge in [-0.25, -0.2) is 0 Å². The second-order valence-electron chi connectivity index (χ2n) is 6.30. The van der Waals surface area contributed by atoms with Crippen LogP contribution in [-0.2, 0) is 15.8 Å². The number of nitrogens with one attached hydrogen (secondary N) is 1. The van der Waals surface area contributed by atoms with Gasteiger partial charge in [-0.1, -0.05) is 24.3 Å². The number of rotatable bonds is 3. The van der Waals surface area contributed by atoms with E-state index in [9.17, 15) is 22.8 Å². The molecule has 1 aliphatic heterocycles. The van der Waals surface area contributed by atoms with Crippen molar-refractivity contribution in [3.8, 4) is 0 Å². The van der Waals surface area contributed by atoms with Crippen LogP contribution in [0.3, 0.4) is 0 Å². The van der Waals surface area contributed by atoms with Crippen molar-refractivity contribution in [2.45, 2.75) is 18.6 Å². The molecule has 1 heterocycles. The highest BCUT2D eigenvalue weighted by Gasteiger charge is 2.37. The fraction of sp³-hybridized carbons (Fsp3) is 0.263. The van der Waals surface area contributed by atoms with Crippen LogP contribution in [0.25, 0.3) is 0 Å². The smallest absolute Gasteiger partial charge is 0.361 e. The van der Waals surface area contributed by atoms with Crippen LogP contribution in [0, 0.1) is 0 Å². The molecule has 27 heavy (non-hydrogen) atoms. The maximum atomic E-state index is 13.2. The predicted octanol–water partition coefficient (Wildman–Crippen LogP) is 3.52. The highest BCUT2D eigenvalue weighted by Crippen LogP contribution is 2.37. The van der Waals surface area contributed by atoms with E-state index >= 15 is 0 Å². The largest absolute Gasteiger partial charge is 0.418 e. The fourth-order valence-electron chi connectivity index (χ4n) is 3.12. The average molecular weight is 377 g/mol. The Morgan fingerprint density at radius 3 is 2.48 bits per heavy atom. The zero-order chi connectivity index (χ0) is 19.8. The number of likely N-dealkylation sites (N-methyl/N-ethyl adjacent to an activating group) is 1. The van der Waals surface area contributed by atoms with Gasteiger partial charge in [0.1, 0.15) is 6.04 Å². The van der Waals surface area contributed by atoms with E-state index in [1.807, 2.05) is 0 Å². The van der Waals surface area contributed by atoms with Gasteiger partial charge in [0.05, 0.1) is 29.0 Å². The zero-order valence-corrected chi connectivity index (χ0v) is 14.7. The molecule has 0 radical (unpaired) electrons. The van der Waals surface area contributed by atoms with E-state index in [0.29, 0.717) is 5.69 Å². The Kier molecular flexibility index (Phi) is 4.82. The highest BCUT2D eigenvalue weighted by atomic mass is 19.4. The van der Waals surface area contributed by atoms with Crippen LogP contribution in [0.4, 0.5) is 30.2 Å². The number of halogens is 3. The van der Waals surface area contributed by atoms with Gasteiger partial charge in [-0.3, -0.25) is 9.59 Å². The third-order valence-corrected chi connectivity index (χ3v) is 4.62. The van der Waals surface area contributed by atoms with Gasteiger partial charge in [0.25, 0.3) is 0 Å². The molecule has 0 spiro atoms. The number of benzene rings is 2. The molecule has 0 saturated heterocycles. The summed E-state index contributed by atoms with van der Waals surface area (Å²) in [5.74, 6) is -0.958. The Bertz CT molecular complexity index is 882. The number of nitrogens with zero attached hydrogens (tertiary/aromatic N) is 2. The molecule has 0 fully saturated rings. The molecular formula is C19H18F3N3O2. The van der Waals surface area contributed by atoms with E-state index in [1.54, 1.807) is 36.2 Å². The Labute approximate surface area is 154 Å². The minimum absolute atomic E-state index is 0.241. The molecule has 1 aliphatic rings. The monoisotopic (exact) mass is 377 g/mol. The first-order chi connectivity index (χ1) is 12.7. The van der Waals surface area contributed by atoms with Gasteiger partial charge < -0.3 is 15.1 Å². The lowest BCUT2D eigenvalue weighted by Crippen LogP contribution is -2.48. The molecule has 0 aromatic heterocycles. The fourth-order valence-corrected chi connectivity index (χ4v) is 3.12. The number of para-hydroxylation sites is 3. The Hall–Kier alpha value is -3.03. The standard InChI is InChI=1S/C19H18F3N3O2/c1-24-15-10-6-4-8-13(15)23-18(27)16(24)11-17(26)25(2)14-9-5-3-7-12(14)19(20,21)22/h3-10,16H,11H2,1-2H3,(H,23,27). The van der Waals surface area contributed by atoms with E-state index in [2.05, 4.69) is 5.32 Å². The van der Waals surface area contributed by atoms with E-state index in [0.717, 1.165) is 16.7 Å². The predicted molar refractivity (Wildman–Crippen MR) is 96.7 cm³/mol. The summed E-state index contributed by atoms with van der Waals surface area (Å²) in [6.45, 7) is 0. The van der Waals surface area contributed by atoms with Gasteiger partial charge in [-0.05, 0) is 24.3 Å². The molecule has 0 bridgehead atoms. The maximum Gasteiger partial charge on any atom is 0.418 e. The summed E-state index contributed by atoms with van der Waals surface area (Å²) in [5, 5.41) is 2.73. The minimum atomic E-state index is -4.58. The lowest BCUT2D eigenvalue weighted by molar-refractivity contribution is -0.137. The third kappa shape index (κ3) is 3.60. The van der Waals surface area contributed by atoms with Crippen molar-refractivity contribution in [1.29, 1.82) is 0 Å². The van der Waals surface area contributed by atoms with Gasteiger partial charge in [0, 0.05) is 14.1 Å². The highest BCUT2D eigenvalue weighted by molar-refractivity contribution is 6.07. The van der Waals surface area contributed by atoms with E-state index in [-0.39, 0.29) is 18.0 Å². The first kappa shape index (κ1) is 18.8. The van der Waals surface area contributed by atoms with Crippen LogP contribution in [-0.4, -0.2) is 32.0 Å². The van der Waals surface area contributed by atoms with Crippen LogP contribution in [0.1, 0.15) is 12.0 Å². The number of hydrogen-bond donors (Lipinski definition) is 1. The maximum absolute atomic E-state index is 13.2. The molecule has 3 rings (SSSR count). The number of carbonyl (C=O) groups excluding carboxylic acids is 2. The van der Waals surface area contributed by atoms with Crippen molar-refractivity contribution in [1.82, 2.24) is 0 Å². The van der Waals surface area contributed by atoms with Gasteiger partial charge in [-0.2, -0.15) is 13.2 Å². The average Bonchev–Trinajstić information content (AvgIpc) is 2.63. The summed E-state index contributed by atoms with van der Waals surface area (Å²) in [5.41, 5.74) is 0.236. The molecule has 1 unspecified atom stereocenters.